The number of aliphatic carboxylic acids is 1. The minimum atomic E-state index is -0.819. The molecule has 0 saturated carbocycles. The Bertz CT molecular complexity index is 820. The molecular formula is C42H72O4. The van der Waals surface area contributed by atoms with Crippen LogP contribution in [0.1, 0.15) is 187 Å². The molecule has 1 unspecified atom stereocenters. The minimum absolute atomic E-state index is 0.0636. The summed E-state index contributed by atoms with van der Waals surface area (Å²) in [6.45, 7) is 4.42. The second-order valence-electron chi connectivity index (χ2n) is 12.7. The van der Waals surface area contributed by atoms with Gasteiger partial charge in [-0.15, -0.1) is 0 Å². The van der Waals surface area contributed by atoms with Crippen molar-refractivity contribution in [2.75, 3.05) is 0 Å². The van der Waals surface area contributed by atoms with Gasteiger partial charge in [-0.05, 0) is 70.6 Å². The first-order valence-electron chi connectivity index (χ1n) is 19.3. The van der Waals surface area contributed by atoms with Gasteiger partial charge < -0.3 is 9.84 Å². The molecule has 0 aliphatic rings. The van der Waals surface area contributed by atoms with Crippen molar-refractivity contribution >= 4 is 11.9 Å². The van der Waals surface area contributed by atoms with Crippen LogP contribution in [0.15, 0.2) is 60.8 Å². The third kappa shape index (κ3) is 36.1. The molecule has 46 heavy (non-hydrogen) atoms. The number of carbonyl (C=O) groups is 2. The summed E-state index contributed by atoms with van der Waals surface area (Å²) in [6, 6.07) is 0. The van der Waals surface area contributed by atoms with Crippen molar-refractivity contribution in [3.63, 3.8) is 0 Å². The van der Waals surface area contributed by atoms with Crippen molar-refractivity contribution in [2.45, 2.75) is 193 Å². The van der Waals surface area contributed by atoms with Gasteiger partial charge in [-0.3, -0.25) is 9.59 Å². The minimum Gasteiger partial charge on any atom is -0.481 e. The highest BCUT2D eigenvalue weighted by molar-refractivity contribution is 5.69. The standard InChI is InChI=1S/C42H72O4/c1-3-5-7-9-11-13-15-17-18-19-20-21-22-23-24-25-27-29-31-33-35-37-42(45)46-40(38-39-41(43)44)36-34-32-30-28-26-16-14-12-10-8-6-4-2/h5,7,11,13,17-18,20-21,23-24,40H,3-4,6,8-10,12,14-16,19,22,25-39H2,1-2H3,(H,43,44)/b7-5-,13-11-,18-17-,21-20-,24-23-. The van der Waals surface area contributed by atoms with Crippen LogP contribution in [-0.2, 0) is 14.3 Å². The molecule has 0 spiro atoms. The predicted octanol–water partition coefficient (Wildman–Crippen LogP) is 13.3. The molecule has 0 fully saturated rings. The second-order valence-corrected chi connectivity index (χ2v) is 12.7. The maximum atomic E-state index is 12.4. The van der Waals surface area contributed by atoms with Crippen molar-refractivity contribution < 1.29 is 19.4 Å². The molecule has 0 amide bonds. The van der Waals surface area contributed by atoms with Crippen LogP contribution in [-0.4, -0.2) is 23.1 Å². The van der Waals surface area contributed by atoms with Gasteiger partial charge in [0, 0.05) is 12.8 Å². The number of unbranched alkanes of at least 4 members (excludes halogenated alkanes) is 16. The van der Waals surface area contributed by atoms with Gasteiger partial charge in [0.2, 0.25) is 0 Å². The van der Waals surface area contributed by atoms with Crippen LogP contribution in [0.2, 0.25) is 0 Å². The summed E-state index contributed by atoms with van der Waals surface area (Å²) < 4.78 is 5.72. The Morgan fingerprint density at radius 1 is 0.500 bits per heavy atom. The summed E-state index contributed by atoms with van der Waals surface area (Å²) in [6.07, 6.45) is 50.9. The summed E-state index contributed by atoms with van der Waals surface area (Å²) in [7, 11) is 0. The normalized spacial score (nSPS) is 12.9. The number of carboxylic acids is 1. The van der Waals surface area contributed by atoms with E-state index in [1.807, 2.05) is 0 Å². The fourth-order valence-electron chi connectivity index (χ4n) is 5.43. The van der Waals surface area contributed by atoms with Crippen molar-refractivity contribution in [1.82, 2.24) is 0 Å². The van der Waals surface area contributed by atoms with E-state index in [1.54, 1.807) is 0 Å². The van der Waals surface area contributed by atoms with Gasteiger partial charge in [0.1, 0.15) is 6.10 Å². The van der Waals surface area contributed by atoms with E-state index in [-0.39, 0.29) is 18.5 Å². The molecule has 0 radical (unpaired) electrons. The quantitative estimate of drug-likeness (QED) is 0.0432. The molecule has 4 heteroatoms. The van der Waals surface area contributed by atoms with Crippen molar-refractivity contribution in [2.24, 2.45) is 0 Å². The monoisotopic (exact) mass is 641 g/mol. The van der Waals surface area contributed by atoms with Crippen LogP contribution >= 0.6 is 0 Å². The predicted molar refractivity (Wildman–Crippen MR) is 199 cm³/mol. The molecule has 0 aromatic rings. The Morgan fingerprint density at radius 2 is 0.935 bits per heavy atom. The zero-order valence-electron chi connectivity index (χ0n) is 30.1. The summed E-state index contributed by atoms with van der Waals surface area (Å²) in [5.74, 6) is -0.978. The highest BCUT2D eigenvalue weighted by atomic mass is 16.5. The Hall–Kier alpha value is -2.36. The van der Waals surface area contributed by atoms with Crippen LogP contribution < -0.4 is 0 Å². The van der Waals surface area contributed by atoms with Crippen LogP contribution in [0.3, 0.4) is 0 Å². The first-order valence-corrected chi connectivity index (χ1v) is 19.3. The Labute approximate surface area is 284 Å². The molecule has 0 saturated heterocycles. The number of ether oxygens (including phenoxy) is 1. The van der Waals surface area contributed by atoms with Crippen molar-refractivity contribution in [1.29, 1.82) is 0 Å². The number of hydrogen-bond donors (Lipinski definition) is 1. The number of rotatable bonds is 34. The first kappa shape index (κ1) is 43.6. The molecule has 0 aliphatic carbocycles. The second kappa shape index (κ2) is 37.1. The topological polar surface area (TPSA) is 63.6 Å². The summed E-state index contributed by atoms with van der Waals surface area (Å²) >= 11 is 0. The summed E-state index contributed by atoms with van der Waals surface area (Å²) in [4.78, 5) is 23.5. The SMILES string of the molecule is CC/C=C\C/C=C\C/C=C\C/C=C\C/C=C\CCCCCCCC(=O)OC(CCCCCCCCCCCCCC)CCC(=O)O. The highest BCUT2D eigenvalue weighted by Gasteiger charge is 2.15. The van der Waals surface area contributed by atoms with E-state index in [9.17, 15) is 9.59 Å². The van der Waals surface area contributed by atoms with Gasteiger partial charge in [-0.2, -0.15) is 0 Å². The lowest BCUT2D eigenvalue weighted by molar-refractivity contribution is -0.151. The lowest BCUT2D eigenvalue weighted by atomic mass is 10.0. The lowest BCUT2D eigenvalue weighted by Gasteiger charge is -2.17. The van der Waals surface area contributed by atoms with Gasteiger partial charge in [-0.1, -0.05) is 164 Å². The Kier molecular flexibility index (Phi) is 35.2. The zero-order chi connectivity index (χ0) is 33.6. The average molecular weight is 641 g/mol. The maximum absolute atomic E-state index is 12.4. The molecule has 0 bridgehead atoms. The number of carbonyl (C=O) groups excluding carboxylic acids is 1. The molecule has 0 aromatic heterocycles. The van der Waals surface area contributed by atoms with Crippen LogP contribution in [0, 0.1) is 0 Å². The van der Waals surface area contributed by atoms with E-state index < -0.39 is 5.97 Å². The molecule has 0 aliphatic heterocycles. The highest BCUT2D eigenvalue weighted by Crippen LogP contribution is 2.17. The molecule has 1 N–H and O–H groups in total. The fourth-order valence-corrected chi connectivity index (χ4v) is 5.43. The number of allylic oxidation sites excluding steroid dienone is 10. The first-order chi connectivity index (χ1) is 22.6. The number of hydrogen-bond acceptors (Lipinski definition) is 3. The number of esters is 1. The summed E-state index contributed by atoms with van der Waals surface area (Å²) in [5, 5.41) is 9.11. The van der Waals surface area contributed by atoms with Crippen LogP contribution in [0.4, 0.5) is 0 Å². The Morgan fingerprint density at radius 3 is 1.43 bits per heavy atom. The van der Waals surface area contributed by atoms with Crippen LogP contribution in [0.25, 0.3) is 0 Å². The van der Waals surface area contributed by atoms with E-state index in [0.717, 1.165) is 77.0 Å². The molecule has 0 aromatic carbocycles. The van der Waals surface area contributed by atoms with Gasteiger partial charge in [0.05, 0.1) is 0 Å². The largest absolute Gasteiger partial charge is 0.481 e. The molecule has 264 valence electrons. The fraction of sp³-hybridized carbons (Fsp3) is 0.714. The Balaban J connectivity index is 3.80. The number of carboxylic acid groups (broad SMARTS) is 1. The lowest BCUT2D eigenvalue weighted by Crippen LogP contribution is -2.19. The third-order valence-electron chi connectivity index (χ3n) is 8.27. The van der Waals surface area contributed by atoms with E-state index in [1.165, 1.54) is 77.0 Å². The molecule has 0 rings (SSSR count). The molecule has 1 atom stereocenters. The van der Waals surface area contributed by atoms with Gasteiger partial charge >= 0.3 is 11.9 Å². The summed E-state index contributed by atoms with van der Waals surface area (Å²) in [5.41, 5.74) is 0. The van der Waals surface area contributed by atoms with E-state index in [2.05, 4.69) is 74.6 Å². The smallest absolute Gasteiger partial charge is 0.306 e. The van der Waals surface area contributed by atoms with E-state index in [0.29, 0.717) is 12.8 Å². The maximum Gasteiger partial charge on any atom is 0.306 e. The van der Waals surface area contributed by atoms with Gasteiger partial charge in [0.25, 0.3) is 0 Å². The zero-order valence-corrected chi connectivity index (χ0v) is 30.1. The average Bonchev–Trinajstić information content (AvgIpc) is 3.04. The van der Waals surface area contributed by atoms with Crippen molar-refractivity contribution in [3.8, 4) is 0 Å². The van der Waals surface area contributed by atoms with E-state index >= 15 is 0 Å². The molecule has 4 nitrogen and oxygen atoms in total. The molecule has 0 heterocycles. The van der Waals surface area contributed by atoms with Gasteiger partial charge in [-0.25, -0.2) is 0 Å². The van der Waals surface area contributed by atoms with E-state index in [4.69, 9.17) is 9.84 Å². The van der Waals surface area contributed by atoms with Crippen LogP contribution in [0.5, 0.6) is 0 Å². The van der Waals surface area contributed by atoms with Crippen molar-refractivity contribution in [3.05, 3.63) is 60.8 Å². The van der Waals surface area contributed by atoms with Gasteiger partial charge in [0.15, 0.2) is 0 Å². The molecular weight excluding hydrogens is 568 g/mol. The third-order valence-corrected chi connectivity index (χ3v) is 8.27.